The second-order valence-corrected chi connectivity index (χ2v) is 9.32. The van der Waals surface area contributed by atoms with E-state index in [4.69, 9.17) is 9.47 Å². The van der Waals surface area contributed by atoms with Crippen LogP contribution in [0.4, 0.5) is 0 Å². The van der Waals surface area contributed by atoms with Crippen molar-refractivity contribution in [1.82, 2.24) is 9.62 Å². The molecule has 0 spiro atoms. The second kappa shape index (κ2) is 11.2. The van der Waals surface area contributed by atoms with Gasteiger partial charge in [-0.1, -0.05) is 24.3 Å². The van der Waals surface area contributed by atoms with Gasteiger partial charge in [0.05, 0.1) is 30.8 Å². The monoisotopic (exact) mass is 460 g/mol. The number of para-hydroxylation sites is 1. The van der Waals surface area contributed by atoms with Crippen LogP contribution in [0.3, 0.4) is 0 Å². The third-order valence-corrected chi connectivity index (χ3v) is 7.17. The Kier molecular flexibility index (Phi) is 8.38. The minimum atomic E-state index is -3.51. The quantitative estimate of drug-likeness (QED) is 0.545. The maximum absolute atomic E-state index is 12.6. The number of hydrogen-bond acceptors (Lipinski definition) is 6. The zero-order valence-electron chi connectivity index (χ0n) is 18.1. The van der Waals surface area contributed by atoms with E-state index in [1.807, 2.05) is 0 Å². The highest BCUT2D eigenvalue weighted by atomic mass is 32.2. The molecule has 2 aromatic rings. The fraction of sp³-hybridized carbons (Fsp3) is 0.391. The first-order valence-corrected chi connectivity index (χ1v) is 12.0. The van der Waals surface area contributed by atoms with Gasteiger partial charge >= 0.3 is 0 Å². The Morgan fingerprint density at radius 2 is 1.72 bits per heavy atom. The summed E-state index contributed by atoms with van der Waals surface area (Å²) in [7, 11) is -2.01. The summed E-state index contributed by atoms with van der Waals surface area (Å²) in [6, 6.07) is 13.6. The van der Waals surface area contributed by atoms with Crippen molar-refractivity contribution in [3.8, 4) is 5.75 Å². The van der Waals surface area contributed by atoms with E-state index >= 15 is 0 Å². The minimum Gasteiger partial charge on any atom is -0.496 e. The van der Waals surface area contributed by atoms with Gasteiger partial charge in [-0.05, 0) is 36.2 Å². The number of carbonyl (C=O) groups is 2. The lowest BCUT2D eigenvalue weighted by atomic mass is 10.1. The Labute approximate surface area is 188 Å². The summed E-state index contributed by atoms with van der Waals surface area (Å²) in [4.78, 5) is 24.7. The van der Waals surface area contributed by atoms with Crippen molar-refractivity contribution in [3.63, 3.8) is 0 Å². The number of benzene rings is 2. The maximum atomic E-state index is 12.6. The second-order valence-electron chi connectivity index (χ2n) is 7.38. The summed E-state index contributed by atoms with van der Waals surface area (Å²) in [5, 5.41) is 2.80. The number of nitrogens with zero attached hydrogens (tertiary/aromatic N) is 1. The number of hydrogen-bond donors (Lipinski definition) is 1. The number of ether oxygens (including phenoxy) is 2. The average Bonchev–Trinajstić information content (AvgIpc) is 2.83. The molecule has 0 bridgehead atoms. The molecule has 1 fully saturated rings. The SMILES string of the molecule is COc1ccccc1C(=O)CCC(=O)NCCc1ccc(S(=O)(=O)N2CCOCC2)cc1. The van der Waals surface area contributed by atoms with E-state index in [-0.39, 0.29) is 29.4 Å². The van der Waals surface area contributed by atoms with Crippen molar-refractivity contribution in [2.45, 2.75) is 24.2 Å². The van der Waals surface area contributed by atoms with Crippen LogP contribution in [0.1, 0.15) is 28.8 Å². The molecular formula is C23H28N2O6S. The minimum absolute atomic E-state index is 0.0909. The molecule has 2 aromatic carbocycles. The highest BCUT2D eigenvalue weighted by Gasteiger charge is 2.26. The number of sulfonamides is 1. The summed E-state index contributed by atoms with van der Waals surface area (Å²) in [6.45, 7) is 1.92. The van der Waals surface area contributed by atoms with Crippen molar-refractivity contribution >= 4 is 21.7 Å². The molecule has 32 heavy (non-hydrogen) atoms. The van der Waals surface area contributed by atoms with E-state index in [0.29, 0.717) is 50.6 Å². The van der Waals surface area contributed by atoms with Crippen LogP contribution in [-0.2, 0) is 26.0 Å². The fourth-order valence-corrected chi connectivity index (χ4v) is 4.84. The molecule has 0 unspecified atom stereocenters. The average molecular weight is 461 g/mol. The van der Waals surface area contributed by atoms with Gasteiger partial charge in [0.25, 0.3) is 0 Å². The third kappa shape index (κ3) is 6.15. The number of carbonyl (C=O) groups excluding carboxylic acids is 2. The summed E-state index contributed by atoms with van der Waals surface area (Å²) in [5.41, 5.74) is 1.38. The first kappa shape index (κ1) is 23.9. The number of ketones is 1. The van der Waals surface area contributed by atoms with Crippen LogP contribution in [0, 0.1) is 0 Å². The molecule has 3 rings (SSSR count). The Morgan fingerprint density at radius 1 is 1.03 bits per heavy atom. The Morgan fingerprint density at radius 3 is 2.41 bits per heavy atom. The molecule has 1 amide bonds. The van der Waals surface area contributed by atoms with Crippen LogP contribution in [0.5, 0.6) is 5.75 Å². The molecule has 0 saturated carbocycles. The van der Waals surface area contributed by atoms with Crippen LogP contribution in [0.2, 0.25) is 0 Å². The lowest BCUT2D eigenvalue weighted by molar-refractivity contribution is -0.121. The van der Waals surface area contributed by atoms with Gasteiger partial charge in [-0.15, -0.1) is 0 Å². The molecule has 1 aliphatic rings. The van der Waals surface area contributed by atoms with Crippen molar-refractivity contribution in [3.05, 3.63) is 59.7 Å². The number of morpholine rings is 1. The molecule has 172 valence electrons. The smallest absolute Gasteiger partial charge is 0.243 e. The Balaban J connectivity index is 1.44. The van der Waals surface area contributed by atoms with Crippen molar-refractivity contribution in [2.75, 3.05) is 40.0 Å². The zero-order chi connectivity index (χ0) is 23.0. The lowest BCUT2D eigenvalue weighted by Gasteiger charge is -2.26. The third-order valence-electron chi connectivity index (χ3n) is 5.25. The first-order valence-electron chi connectivity index (χ1n) is 10.5. The highest BCUT2D eigenvalue weighted by molar-refractivity contribution is 7.89. The van der Waals surface area contributed by atoms with Crippen LogP contribution in [0.15, 0.2) is 53.4 Å². The summed E-state index contributed by atoms with van der Waals surface area (Å²) >= 11 is 0. The zero-order valence-corrected chi connectivity index (χ0v) is 18.9. The normalized spacial score (nSPS) is 14.7. The van der Waals surface area contributed by atoms with Gasteiger partial charge in [0.1, 0.15) is 5.75 Å². The van der Waals surface area contributed by atoms with Crippen LogP contribution in [-0.4, -0.2) is 64.4 Å². The molecule has 9 heteroatoms. The molecular weight excluding hydrogens is 432 g/mol. The van der Waals surface area contributed by atoms with E-state index in [0.717, 1.165) is 5.56 Å². The summed E-state index contributed by atoms with van der Waals surface area (Å²) in [5.74, 6) is 0.145. The predicted octanol–water partition coefficient (Wildman–Crippen LogP) is 2.04. The van der Waals surface area contributed by atoms with E-state index in [1.54, 1.807) is 48.5 Å². The van der Waals surface area contributed by atoms with Gasteiger partial charge in [-0.2, -0.15) is 4.31 Å². The van der Waals surface area contributed by atoms with Gasteiger partial charge in [0, 0.05) is 32.5 Å². The van der Waals surface area contributed by atoms with Crippen LogP contribution >= 0.6 is 0 Å². The van der Waals surface area contributed by atoms with Crippen LogP contribution in [0.25, 0.3) is 0 Å². The van der Waals surface area contributed by atoms with Crippen molar-refractivity contribution < 1.29 is 27.5 Å². The molecule has 1 saturated heterocycles. The van der Waals surface area contributed by atoms with Crippen molar-refractivity contribution in [2.24, 2.45) is 0 Å². The molecule has 8 nitrogen and oxygen atoms in total. The van der Waals surface area contributed by atoms with E-state index < -0.39 is 10.0 Å². The van der Waals surface area contributed by atoms with Gasteiger partial charge in [0.2, 0.25) is 15.9 Å². The van der Waals surface area contributed by atoms with Crippen molar-refractivity contribution in [1.29, 1.82) is 0 Å². The molecule has 0 atom stereocenters. The molecule has 1 aliphatic heterocycles. The Hall–Kier alpha value is -2.75. The van der Waals surface area contributed by atoms with Gasteiger partial charge in [0.15, 0.2) is 5.78 Å². The van der Waals surface area contributed by atoms with E-state index in [1.165, 1.54) is 11.4 Å². The van der Waals surface area contributed by atoms with E-state index in [9.17, 15) is 18.0 Å². The van der Waals surface area contributed by atoms with Gasteiger partial charge < -0.3 is 14.8 Å². The molecule has 1 heterocycles. The summed E-state index contributed by atoms with van der Waals surface area (Å²) < 4.78 is 37.1. The number of nitrogens with one attached hydrogen (secondary N) is 1. The molecule has 1 N–H and O–H groups in total. The number of rotatable bonds is 10. The largest absolute Gasteiger partial charge is 0.496 e. The standard InChI is InChI=1S/C23H28N2O6S/c1-30-22-5-3-2-4-20(22)21(26)10-11-23(27)24-13-12-18-6-8-19(9-7-18)32(28,29)25-14-16-31-17-15-25/h2-9H,10-17H2,1H3,(H,24,27). The lowest BCUT2D eigenvalue weighted by Crippen LogP contribution is -2.40. The van der Waals surface area contributed by atoms with Gasteiger partial charge in [-0.25, -0.2) is 8.42 Å². The predicted molar refractivity (Wildman–Crippen MR) is 119 cm³/mol. The number of Topliss-reactive ketones (excluding diaryl/α,β-unsaturated/α-hetero) is 1. The maximum Gasteiger partial charge on any atom is 0.243 e. The molecule has 0 aliphatic carbocycles. The van der Waals surface area contributed by atoms with Crippen LogP contribution < -0.4 is 10.1 Å². The highest BCUT2D eigenvalue weighted by Crippen LogP contribution is 2.20. The first-order chi connectivity index (χ1) is 15.4. The topological polar surface area (TPSA) is 102 Å². The molecule has 0 aromatic heterocycles. The summed E-state index contributed by atoms with van der Waals surface area (Å²) in [6.07, 6.45) is 0.748. The number of amides is 1. The Bertz CT molecular complexity index is 1030. The fourth-order valence-electron chi connectivity index (χ4n) is 3.44. The van der Waals surface area contributed by atoms with Gasteiger partial charge in [-0.3, -0.25) is 9.59 Å². The van der Waals surface area contributed by atoms with E-state index in [2.05, 4.69) is 5.32 Å². The number of methoxy groups -OCH3 is 1. The molecule has 0 radical (unpaired) electrons.